The zero-order valence-electron chi connectivity index (χ0n) is 14.8. The van der Waals surface area contributed by atoms with E-state index < -0.39 is 0 Å². The summed E-state index contributed by atoms with van der Waals surface area (Å²) in [5.74, 6) is 0.0969. The average molecular weight is 345 g/mol. The van der Waals surface area contributed by atoms with Gasteiger partial charge in [0.1, 0.15) is 0 Å². The second-order valence-corrected chi connectivity index (χ2v) is 6.70. The zero-order chi connectivity index (χ0) is 17.7. The second kappa shape index (κ2) is 8.32. The number of carbonyl (C=O) groups is 1. The summed E-state index contributed by atoms with van der Waals surface area (Å²) < 4.78 is 0. The summed E-state index contributed by atoms with van der Waals surface area (Å²) >= 11 is 6.27. The fourth-order valence-electron chi connectivity index (χ4n) is 2.65. The smallest absolute Gasteiger partial charge is 0.236 e. The van der Waals surface area contributed by atoms with Crippen LogP contribution in [0.25, 0.3) is 0 Å². The van der Waals surface area contributed by atoms with Crippen molar-refractivity contribution < 1.29 is 4.79 Å². The Balaban J connectivity index is 1.98. The molecule has 1 amide bonds. The number of aryl methyl sites for hydroxylation is 1. The summed E-state index contributed by atoms with van der Waals surface area (Å²) in [5, 5.41) is 0.734. The molecule has 0 aliphatic heterocycles. The fraction of sp³-hybridized carbons (Fsp3) is 0.350. The largest absolute Gasteiger partial charge is 0.340 e. The summed E-state index contributed by atoms with van der Waals surface area (Å²) in [7, 11) is 3.80. The van der Waals surface area contributed by atoms with Crippen LogP contribution in [0.1, 0.15) is 29.7 Å². The van der Waals surface area contributed by atoms with Gasteiger partial charge in [0.15, 0.2) is 0 Å². The Morgan fingerprint density at radius 2 is 1.71 bits per heavy atom. The highest BCUT2D eigenvalue weighted by molar-refractivity contribution is 6.31. The lowest BCUT2D eigenvalue weighted by Gasteiger charge is -2.27. The van der Waals surface area contributed by atoms with Crippen molar-refractivity contribution in [3.63, 3.8) is 0 Å². The van der Waals surface area contributed by atoms with E-state index in [4.69, 9.17) is 11.6 Å². The molecule has 128 valence electrons. The van der Waals surface area contributed by atoms with E-state index >= 15 is 0 Å². The van der Waals surface area contributed by atoms with Crippen LogP contribution in [0.3, 0.4) is 0 Å². The first-order chi connectivity index (χ1) is 11.4. The van der Waals surface area contributed by atoms with Crippen LogP contribution < -0.4 is 0 Å². The number of rotatable bonds is 6. The molecule has 0 aliphatic rings. The summed E-state index contributed by atoms with van der Waals surface area (Å²) in [6, 6.07) is 16.0. The molecular weight excluding hydrogens is 320 g/mol. The topological polar surface area (TPSA) is 23.6 Å². The maximum Gasteiger partial charge on any atom is 0.236 e. The van der Waals surface area contributed by atoms with Gasteiger partial charge in [-0.15, -0.1) is 0 Å². The summed E-state index contributed by atoms with van der Waals surface area (Å²) in [6.07, 6.45) is 0. The number of carbonyl (C=O) groups excluding carboxylic acids is 1. The van der Waals surface area contributed by atoms with Gasteiger partial charge in [-0.05, 0) is 43.7 Å². The molecule has 0 radical (unpaired) electrons. The van der Waals surface area contributed by atoms with E-state index in [1.54, 1.807) is 4.90 Å². The highest BCUT2D eigenvalue weighted by atomic mass is 35.5. The summed E-state index contributed by atoms with van der Waals surface area (Å²) in [4.78, 5) is 16.3. The van der Waals surface area contributed by atoms with Gasteiger partial charge >= 0.3 is 0 Å². The van der Waals surface area contributed by atoms with Crippen molar-refractivity contribution in [2.24, 2.45) is 0 Å². The van der Waals surface area contributed by atoms with Crippen molar-refractivity contribution in [2.75, 3.05) is 20.6 Å². The highest BCUT2D eigenvalue weighted by Crippen LogP contribution is 2.26. The van der Waals surface area contributed by atoms with E-state index in [-0.39, 0.29) is 11.9 Å². The molecule has 0 N–H and O–H groups in total. The third-order valence-corrected chi connectivity index (χ3v) is 4.84. The third kappa shape index (κ3) is 4.59. The molecular formula is C20H25ClN2O. The number of halogens is 1. The molecule has 0 saturated carbocycles. The van der Waals surface area contributed by atoms with Crippen molar-refractivity contribution in [3.05, 3.63) is 70.2 Å². The van der Waals surface area contributed by atoms with Gasteiger partial charge in [-0.25, -0.2) is 0 Å². The molecule has 0 unspecified atom stereocenters. The predicted molar refractivity (Wildman–Crippen MR) is 100 cm³/mol. The van der Waals surface area contributed by atoms with Gasteiger partial charge in [-0.1, -0.05) is 54.1 Å². The van der Waals surface area contributed by atoms with Gasteiger partial charge in [-0.3, -0.25) is 9.69 Å². The Morgan fingerprint density at radius 1 is 1.08 bits per heavy atom. The minimum Gasteiger partial charge on any atom is -0.340 e. The van der Waals surface area contributed by atoms with Crippen LogP contribution >= 0.6 is 11.6 Å². The monoisotopic (exact) mass is 344 g/mol. The molecule has 3 nitrogen and oxygen atoms in total. The van der Waals surface area contributed by atoms with Gasteiger partial charge < -0.3 is 4.90 Å². The number of benzene rings is 2. The summed E-state index contributed by atoms with van der Waals surface area (Å²) in [6.45, 7) is 5.11. The second-order valence-electron chi connectivity index (χ2n) is 6.29. The molecule has 4 heteroatoms. The maximum atomic E-state index is 12.5. The van der Waals surface area contributed by atoms with E-state index in [9.17, 15) is 4.79 Å². The molecule has 0 saturated heterocycles. The Morgan fingerprint density at radius 3 is 2.38 bits per heavy atom. The Labute approximate surface area is 149 Å². The minimum absolute atomic E-state index is 0.0783. The minimum atomic E-state index is 0.0783. The number of hydrogen-bond donors (Lipinski definition) is 0. The lowest BCUT2D eigenvalue weighted by molar-refractivity contribution is -0.131. The van der Waals surface area contributed by atoms with Crippen molar-refractivity contribution >= 4 is 17.5 Å². The van der Waals surface area contributed by atoms with Crippen LogP contribution in [0.2, 0.25) is 5.02 Å². The van der Waals surface area contributed by atoms with E-state index in [0.717, 1.165) is 10.6 Å². The number of hydrogen-bond acceptors (Lipinski definition) is 2. The molecule has 0 fully saturated rings. The van der Waals surface area contributed by atoms with Crippen LogP contribution in [-0.4, -0.2) is 36.3 Å². The lowest BCUT2D eigenvalue weighted by Crippen LogP contribution is -2.37. The first kappa shape index (κ1) is 18.5. The van der Waals surface area contributed by atoms with Gasteiger partial charge in [0.2, 0.25) is 5.91 Å². The first-order valence-corrected chi connectivity index (χ1v) is 8.51. The molecule has 2 aromatic carbocycles. The highest BCUT2D eigenvalue weighted by Gasteiger charge is 2.19. The Bertz CT molecular complexity index is 702. The quantitative estimate of drug-likeness (QED) is 0.780. The maximum absolute atomic E-state index is 12.5. The first-order valence-electron chi connectivity index (χ1n) is 8.13. The molecule has 2 rings (SSSR count). The molecule has 0 bridgehead atoms. The molecule has 0 aromatic heterocycles. The van der Waals surface area contributed by atoms with Gasteiger partial charge in [0.05, 0.1) is 6.54 Å². The van der Waals surface area contributed by atoms with Crippen molar-refractivity contribution in [2.45, 2.75) is 26.4 Å². The normalized spacial score (nSPS) is 12.2. The van der Waals surface area contributed by atoms with E-state index in [1.807, 2.05) is 55.4 Å². The molecule has 0 heterocycles. The van der Waals surface area contributed by atoms with Crippen LogP contribution in [-0.2, 0) is 11.3 Å². The standard InChI is InChI=1S/C20H25ClN2O/c1-15-9-5-6-10-17(15)13-23(4)20(24)14-22(3)16(2)18-11-7-8-12-19(18)21/h5-12,16H,13-14H2,1-4H3/t16-/m1/s1. The van der Waals surface area contributed by atoms with Crippen LogP contribution in [0.5, 0.6) is 0 Å². The zero-order valence-corrected chi connectivity index (χ0v) is 15.5. The fourth-order valence-corrected chi connectivity index (χ4v) is 2.95. The molecule has 0 spiro atoms. The van der Waals surface area contributed by atoms with Crippen LogP contribution in [0.15, 0.2) is 48.5 Å². The van der Waals surface area contributed by atoms with Crippen molar-refractivity contribution in [1.82, 2.24) is 9.80 Å². The van der Waals surface area contributed by atoms with E-state index in [2.05, 4.69) is 26.0 Å². The molecule has 0 aliphatic carbocycles. The molecule has 1 atom stereocenters. The van der Waals surface area contributed by atoms with Gasteiger partial charge in [0.25, 0.3) is 0 Å². The Hall–Kier alpha value is -1.84. The number of nitrogens with zero attached hydrogens (tertiary/aromatic N) is 2. The Kier molecular flexibility index (Phi) is 6.41. The third-order valence-electron chi connectivity index (χ3n) is 4.50. The molecule has 2 aromatic rings. The van der Waals surface area contributed by atoms with Crippen molar-refractivity contribution in [3.8, 4) is 0 Å². The summed E-state index contributed by atoms with van der Waals surface area (Å²) in [5.41, 5.74) is 3.42. The van der Waals surface area contributed by atoms with Gasteiger partial charge in [0, 0.05) is 24.7 Å². The lowest BCUT2D eigenvalue weighted by atomic mass is 10.1. The SMILES string of the molecule is Cc1ccccc1CN(C)C(=O)CN(C)[C@H](C)c1ccccc1Cl. The number of amides is 1. The van der Waals surface area contributed by atoms with Crippen LogP contribution in [0.4, 0.5) is 0 Å². The average Bonchev–Trinajstić information content (AvgIpc) is 2.56. The van der Waals surface area contributed by atoms with Crippen LogP contribution in [0, 0.1) is 6.92 Å². The van der Waals surface area contributed by atoms with E-state index in [0.29, 0.717) is 13.1 Å². The molecule has 24 heavy (non-hydrogen) atoms. The van der Waals surface area contributed by atoms with Crippen molar-refractivity contribution in [1.29, 1.82) is 0 Å². The van der Waals surface area contributed by atoms with Gasteiger partial charge in [-0.2, -0.15) is 0 Å². The van der Waals surface area contributed by atoms with E-state index in [1.165, 1.54) is 11.1 Å². The predicted octanol–water partition coefficient (Wildman–Crippen LogP) is 4.30. The number of likely N-dealkylation sites (N-methyl/N-ethyl adjacent to an activating group) is 2.